The normalized spacial score (nSPS) is 11.9. The number of nitrogens with one attached hydrogen (secondary N) is 1. The van der Waals surface area contributed by atoms with Gasteiger partial charge in [-0.3, -0.25) is 9.69 Å². The molecule has 0 aliphatic heterocycles. The Morgan fingerprint density at radius 1 is 1.26 bits per heavy atom. The molecule has 0 aliphatic rings. The standard InChI is InChI=1S/C21H24F2N2O2/c1-4-11-27-18-8-5-16(6-9-18)13-25(3)14-21(26)24-15(2)19-10-7-17(22)12-20(19)23/h4-10,12,15H,1,11,13-14H2,2-3H3,(H,24,26)/t15-/m0/s1. The van der Waals surface area contributed by atoms with E-state index in [4.69, 9.17) is 4.74 Å². The number of benzene rings is 2. The summed E-state index contributed by atoms with van der Waals surface area (Å²) in [7, 11) is 1.82. The zero-order chi connectivity index (χ0) is 19.8. The number of hydrogen-bond donors (Lipinski definition) is 1. The van der Waals surface area contributed by atoms with Crippen molar-refractivity contribution >= 4 is 5.91 Å². The van der Waals surface area contributed by atoms with E-state index in [0.29, 0.717) is 13.2 Å². The maximum atomic E-state index is 13.8. The molecule has 0 bridgehead atoms. The molecule has 1 atom stereocenters. The van der Waals surface area contributed by atoms with Crippen molar-refractivity contribution in [2.45, 2.75) is 19.5 Å². The lowest BCUT2D eigenvalue weighted by atomic mass is 10.1. The van der Waals surface area contributed by atoms with E-state index in [0.717, 1.165) is 17.4 Å². The lowest BCUT2D eigenvalue weighted by Crippen LogP contribution is -2.36. The minimum absolute atomic E-state index is 0.155. The second-order valence-electron chi connectivity index (χ2n) is 6.37. The van der Waals surface area contributed by atoms with Gasteiger partial charge in [0.25, 0.3) is 0 Å². The highest BCUT2D eigenvalue weighted by Crippen LogP contribution is 2.18. The summed E-state index contributed by atoms with van der Waals surface area (Å²) < 4.78 is 32.2. The van der Waals surface area contributed by atoms with E-state index in [9.17, 15) is 13.6 Å². The summed E-state index contributed by atoms with van der Waals surface area (Å²) in [5.41, 5.74) is 1.29. The summed E-state index contributed by atoms with van der Waals surface area (Å²) >= 11 is 0. The zero-order valence-corrected chi connectivity index (χ0v) is 15.5. The SMILES string of the molecule is C=CCOc1ccc(CN(C)CC(=O)N[C@@H](C)c2ccc(F)cc2F)cc1. The van der Waals surface area contributed by atoms with Gasteiger partial charge in [0, 0.05) is 18.2 Å². The highest BCUT2D eigenvalue weighted by atomic mass is 19.1. The molecule has 0 aliphatic carbocycles. The predicted octanol–water partition coefficient (Wildman–Crippen LogP) is 3.84. The summed E-state index contributed by atoms with van der Waals surface area (Å²) in [5.74, 6) is -0.792. The second-order valence-corrected chi connectivity index (χ2v) is 6.37. The fourth-order valence-corrected chi connectivity index (χ4v) is 2.68. The number of amides is 1. The molecule has 1 amide bonds. The Balaban J connectivity index is 1.84. The van der Waals surface area contributed by atoms with E-state index in [1.165, 1.54) is 12.1 Å². The van der Waals surface area contributed by atoms with Crippen molar-refractivity contribution in [3.05, 3.63) is 77.9 Å². The molecule has 0 radical (unpaired) electrons. The smallest absolute Gasteiger partial charge is 0.234 e. The first kappa shape index (κ1) is 20.6. The molecule has 6 heteroatoms. The van der Waals surface area contributed by atoms with Gasteiger partial charge in [0.05, 0.1) is 12.6 Å². The van der Waals surface area contributed by atoms with Crippen LogP contribution in [-0.4, -0.2) is 31.0 Å². The summed E-state index contributed by atoms with van der Waals surface area (Å²) in [6.07, 6.45) is 1.68. The summed E-state index contributed by atoms with van der Waals surface area (Å²) in [6.45, 7) is 6.45. The first-order valence-electron chi connectivity index (χ1n) is 8.64. The van der Waals surface area contributed by atoms with E-state index in [-0.39, 0.29) is 18.0 Å². The number of rotatable bonds is 9. The molecular weight excluding hydrogens is 350 g/mol. The predicted molar refractivity (Wildman–Crippen MR) is 101 cm³/mol. The molecule has 0 saturated carbocycles. The van der Waals surface area contributed by atoms with Crippen molar-refractivity contribution in [2.24, 2.45) is 0 Å². The van der Waals surface area contributed by atoms with Crippen molar-refractivity contribution in [3.63, 3.8) is 0 Å². The van der Waals surface area contributed by atoms with Crippen LogP contribution in [0.4, 0.5) is 8.78 Å². The highest BCUT2D eigenvalue weighted by Gasteiger charge is 2.15. The first-order valence-corrected chi connectivity index (χ1v) is 8.64. The van der Waals surface area contributed by atoms with Crippen molar-refractivity contribution < 1.29 is 18.3 Å². The van der Waals surface area contributed by atoms with Crippen LogP contribution in [0.5, 0.6) is 5.75 Å². The van der Waals surface area contributed by atoms with E-state index >= 15 is 0 Å². The fourth-order valence-electron chi connectivity index (χ4n) is 2.68. The fraction of sp³-hybridized carbons (Fsp3) is 0.286. The highest BCUT2D eigenvalue weighted by molar-refractivity contribution is 5.78. The summed E-state index contributed by atoms with van der Waals surface area (Å²) in [4.78, 5) is 14.0. The molecule has 0 unspecified atom stereocenters. The number of carbonyl (C=O) groups is 1. The van der Waals surface area contributed by atoms with E-state index in [1.807, 2.05) is 36.2 Å². The molecule has 0 heterocycles. The average Bonchev–Trinajstić information content (AvgIpc) is 2.60. The molecule has 0 saturated heterocycles. The molecular formula is C21H24F2N2O2. The molecule has 4 nitrogen and oxygen atoms in total. The van der Waals surface area contributed by atoms with Crippen LogP contribution in [0.25, 0.3) is 0 Å². The average molecular weight is 374 g/mol. The topological polar surface area (TPSA) is 41.6 Å². The van der Waals surface area contributed by atoms with Gasteiger partial charge in [-0.05, 0) is 37.7 Å². The van der Waals surface area contributed by atoms with Crippen LogP contribution in [0.15, 0.2) is 55.1 Å². The number of likely N-dealkylation sites (N-methyl/N-ethyl adjacent to an activating group) is 1. The molecule has 2 aromatic rings. The lowest BCUT2D eigenvalue weighted by Gasteiger charge is -2.20. The van der Waals surface area contributed by atoms with Gasteiger partial charge < -0.3 is 10.1 Å². The molecule has 0 aromatic heterocycles. The Morgan fingerprint density at radius 3 is 2.59 bits per heavy atom. The maximum Gasteiger partial charge on any atom is 0.234 e. The monoisotopic (exact) mass is 374 g/mol. The van der Waals surface area contributed by atoms with Crippen LogP contribution in [0.2, 0.25) is 0 Å². The lowest BCUT2D eigenvalue weighted by molar-refractivity contribution is -0.122. The summed E-state index contributed by atoms with van der Waals surface area (Å²) in [5, 5.41) is 2.73. The van der Waals surface area contributed by atoms with Crippen LogP contribution < -0.4 is 10.1 Å². The van der Waals surface area contributed by atoms with Crippen molar-refractivity contribution in [3.8, 4) is 5.75 Å². The van der Waals surface area contributed by atoms with Crippen molar-refractivity contribution in [1.82, 2.24) is 10.2 Å². The molecule has 2 aromatic carbocycles. The van der Waals surface area contributed by atoms with Gasteiger partial charge in [0.2, 0.25) is 5.91 Å². The second kappa shape index (κ2) is 9.83. The van der Waals surface area contributed by atoms with Crippen LogP contribution in [0.3, 0.4) is 0 Å². The molecule has 1 N–H and O–H groups in total. The third kappa shape index (κ3) is 6.49. The van der Waals surface area contributed by atoms with Crippen LogP contribution in [0.1, 0.15) is 24.1 Å². The minimum Gasteiger partial charge on any atom is -0.490 e. The van der Waals surface area contributed by atoms with Gasteiger partial charge in [-0.2, -0.15) is 0 Å². The van der Waals surface area contributed by atoms with Crippen LogP contribution in [-0.2, 0) is 11.3 Å². The Kier molecular flexibility index (Phi) is 7.49. The Morgan fingerprint density at radius 2 is 1.96 bits per heavy atom. The molecule has 27 heavy (non-hydrogen) atoms. The van der Waals surface area contributed by atoms with Gasteiger partial charge in [0.1, 0.15) is 24.0 Å². The molecule has 0 spiro atoms. The third-order valence-electron chi connectivity index (χ3n) is 3.96. The molecule has 144 valence electrons. The number of hydrogen-bond acceptors (Lipinski definition) is 3. The van der Waals surface area contributed by atoms with Crippen molar-refractivity contribution in [1.29, 1.82) is 0 Å². The minimum atomic E-state index is -0.671. The number of carbonyl (C=O) groups excluding carboxylic acids is 1. The molecule has 2 rings (SSSR count). The Bertz CT molecular complexity index is 778. The van der Waals surface area contributed by atoms with Crippen LogP contribution >= 0.6 is 0 Å². The van der Waals surface area contributed by atoms with Gasteiger partial charge in [-0.1, -0.05) is 30.9 Å². The van der Waals surface area contributed by atoms with Gasteiger partial charge in [-0.25, -0.2) is 8.78 Å². The van der Waals surface area contributed by atoms with E-state index in [1.54, 1.807) is 13.0 Å². The van der Waals surface area contributed by atoms with Gasteiger partial charge in [-0.15, -0.1) is 0 Å². The summed E-state index contributed by atoms with van der Waals surface area (Å²) in [6, 6.07) is 10.4. The maximum absolute atomic E-state index is 13.8. The van der Waals surface area contributed by atoms with Gasteiger partial charge in [0.15, 0.2) is 0 Å². The van der Waals surface area contributed by atoms with Crippen LogP contribution in [0, 0.1) is 11.6 Å². The quantitative estimate of drug-likeness (QED) is 0.678. The third-order valence-corrected chi connectivity index (χ3v) is 3.96. The number of nitrogens with zero attached hydrogens (tertiary/aromatic N) is 1. The first-order chi connectivity index (χ1) is 12.9. The van der Waals surface area contributed by atoms with E-state index < -0.39 is 17.7 Å². The number of ether oxygens (including phenoxy) is 1. The van der Waals surface area contributed by atoms with E-state index in [2.05, 4.69) is 11.9 Å². The number of halogens is 2. The van der Waals surface area contributed by atoms with Gasteiger partial charge >= 0.3 is 0 Å². The Labute approximate surface area is 158 Å². The largest absolute Gasteiger partial charge is 0.490 e. The van der Waals surface area contributed by atoms with Crippen molar-refractivity contribution in [2.75, 3.05) is 20.2 Å². The Hall–Kier alpha value is -2.73. The molecule has 0 fully saturated rings. The zero-order valence-electron chi connectivity index (χ0n) is 15.5.